The first-order chi connectivity index (χ1) is 10.9. The molecule has 0 atom stereocenters. The number of fused-ring (bicyclic) bond motifs is 5. The summed E-state index contributed by atoms with van der Waals surface area (Å²) in [6, 6.07) is 4.13. The molecule has 6 heteroatoms. The monoisotopic (exact) mass is 307 g/mol. The molecule has 4 aromatic rings. The number of H-pyrrole nitrogens is 1. The predicted molar refractivity (Wildman–Crippen MR) is 86.9 cm³/mol. The Labute approximate surface area is 130 Å². The number of pyridine rings is 1. The van der Waals surface area contributed by atoms with Gasteiger partial charge >= 0.3 is 0 Å². The van der Waals surface area contributed by atoms with Crippen LogP contribution in [-0.4, -0.2) is 24.8 Å². The number of rotatable bonds is 1. The van der Waals surface area contributed by atoms with E-state index in [1.165, 1.54) is 46.3 Å². The lowest BCUT2D eigenvalue weighted by atomic mass is 9.86. The first-order valence-electron chi connectivity index (χ1n) is 7.47. The fourth-order valence-corrected chi connectivity index (χ4v) is 3.97. The largest absolute Gasteiger partial charge is 0.278 e. The molecule has 5 rings (SSSR count). The zero-order valence-electron chi connectivity index (χ0n) is 11.8. The summed E-state index contributed by atoms with van der Waals surface area (Å²) >= 11 is 1.38. The van der Waals surface area contributed by atoms with Crippen LogP contribution < -0.4 is 0 Å². The molecule has 0 bridgehead atoms. The molecule has 0 unspecified atom stereocenters. The third kappa shape index (κ3) is 1.64. The molecule has 0 saturated carbocycles. The second-order valence-corrected chi connectivity index (χ2v) is 6.32. The van der Waals surface area contributed by atoms with E-state index in [0.29, 0.717) is 0 Å². The van der Waals surface area contributed by atoms with Crippen molar-refractivity contribution in [2.24, 2.45) is 0 Å². The molecule has 3 aromatic heterocycles. The molecule has 0 spiro atoms. The molecule has 1 N–H and O–H groups in total. The van der Waals surface area contributed by atoms with Crippen molar-refractivity contribution in [2.45, 2.75) is 25.7 Å². The number of nitrogens with one attached hydrogen (secondary N) is 1. The van der Waals surface area contributed by atoms with Crippen LogP contribution in [0.1, 0.15) is 24.0 Å². The Morgan fingerprint density at radius 3 is 2.86 bits per heavy atom. The fraction of sp³-hybridized carbons (Fsp3) is 0.250. The van der Waals surface area contributed by atoms with Gasteiger partial charge in [-0.05, 0) is 60.5 Å². The van der Waals surface area contributed by atoms with Gasteiger partial charge in [-0.15, -0.1) is 5.10 Å². The van der Waals surface area contributed by atoms with Crippen LogP contribution in [0.2, 0.25) is 0 Å². The lowest BCUT2D eigenvalue weighted by Crippen LogP contribution is -2.08. The van der Waals surface area contributed by atoms with E-state index >= 15 is 0 Å². The van der Waals surface area contributed by atoms with Gasteiger partial charge in [-0.1, -0.05) is 4.49 Å². The highest BCUT2D eigenvalue weighted by Crippen LogP contribution is 2.37. The molecule has 0 amide bonds. The van der Waals surface area contributed by atoms with Crippen molar-refractivity contribution in [2.75, 3.05) is 0 Å². The van der Waals surface area contributed by atoms with E-state index in [2.05, 4.69) is 31.9 Å². The Balaban J connectivity index is 1.95. The molecular formula is C16H13N5S. The van der Waals surface area contributed by atoms with E-state index in [4.69, 9.17) is 4.98 Å². The topological polar surface area (TPSA) is 67.3 Å². The SMILES string of the molecule is c1snnc1-c1nc2ccc3[nH]ncc3c2c2c1CCCC2. The number of benzene rings is 1. The van der Waals surface area contributed by atoms with Crippen molar-refractivity contribution in [1.29, 1.82) is 0 Å². The van der Waals surface area contributed by atoms with E-state index in [-0.39, 0.29) is 0 Å². The Morgan fingerprint density at radius 1 is 1.09 bits per heavy atom. The number of hydrogen-bond donors (Lipinski definition) is 1. The van der Waals surface area contributed by atoms with Gasteiger partial charge in [0.05, 0.1) is 22.9 Å². The van der Waals surface area contributed by atoms with E-state index in [1.54, 1.807) is 0 Å². The van der Waals surface area contributed by atoms with Crippen molar-refractivity contribution < 1.29 is 0 Å². The lowest BCUT2D eigenvalue weighted by molar-refractivity contribution is 0.689. The van der Waals surface area contributed by atoms with Crippen molar-refractivity contribution in [1.82, 2.24) is 24.8 Å². The summed E-state index contributed by atoms with van der Waals surface area (Å²) in [5.41, 5.74) is 6.78. The molecule has 1 aliphatic rings. The number of nitrogens with zero attached hydrogens (tertiary/aromatic N) is 4. The quantitative estimate of drug-likeness (QED) is 0.584. The minimum Gasteiger partial charge on any atom is -0.278 e. The third-order valence-corrected chi connectivity index (χ3v) is 5.00. The minimum absolute atomic E-state index is 0.900. The standard InChI is InChI=1S/C16H13N5S/c1-2-4-10-9(3-1)15-11-7-17-19-12(11)5-6-13(15)18-16(10)14-8-22-21-20-14/h5-8H,1-4H2,(H,17,19). The van der Waals surface area contributed by atoms with Gasteiger partial charge in [-0.25, -0.2) is 4.98 Å². The predicted octanol–water partition coefficient (Wildman–Crippen LogP) is 3.51. The van der Waals surface area contributed by atoms with Gasteiger partial charge in [-0.3, -0.25) is 5.10 Å². The van der Waals surface area contributed by atoms with Gasteiger partial charge in [0.15, 0.2) is 0 Å². The molecule has 1 aliphatic carbocycles. The maximum absolute atomic E-state index is 4.92. The lowest BCUT2D eigenvalue weighted by Gasteiger charge is -2.20. The van der Waals surface area contributed by atoms with Crippen LogP contribution in [-0.2, 0) is 12.8 Å². The summed E-state index contributed by atoms with van der Waals surface area (Å²) in [6.45, 7) is 0. The average molecular weight is 307 g/mol. The van der Waals surface area contributed by atoms with Gasteiger partial charge in [-0.2, -0.15) is 5.10 Å². The molecular weight excluding hydrogens is 294 g/mol. The number of aryl methyl sites for hydroxylation is 1. The maximum Gasteiger partial charge on any atom is 0.124 e. The minimum atomic E-state index is 0.900. The highest BCUT2D eigenvalue weighted by molar-refractivity contribution is 7.03. The number of aromatic nitrogens is 5. The van der Waals surface area contributed by atoms with Crippen LogP contribution >= 0.6 is 11.5 Å². The molecule has 0 aliphatic heterocycles. The van der Waals surface area contributed by atoms with E-state index < -0.39 is 0 Å². The summed E-state index contributed by atoms with van der Waals surface area (Å²) in [4.78, 5) is 4.92. The van der Waals surface area contributed by atoms with Crippen molar-refractivity contribution in [3.05, 3.63) is 34.8 Å². The highest BCUT2D eigenvalue weighted by Gasteiger charge is 2.21. The normalized spacial score (nSPS) is 14.5. The highest BCUT2D eigenvalue weighted by atomic mass is 32.1. The van der Waals surface area contributed by atoms with Crippen LogP contribution in [0.25, 0.3) is 33.2 Å². The molecule has 3 heterocycles. The summed E-state index contributed by atoms with van der Waals surface area (Å²) in [5, 5.41) is 15.9. The van der Waals surface area contributed by atoms with Gasteiger partial charge in [0.1, 0.15) is 5.69 Å². The number of aromatic amines is 1. The molecule has 0 radical (unpaired) electrons. The second-order valence-electron chi connectivity index (χ2n) is 5.71. The molecule has 1 aromatic carbocycles. The van der Waals surface area contributed by atoms with E-state index in [9.17, 15) is 0 Å². The van der Waals surface area contributed by atoms with Crippen LogP contribution in [0.4, 0.5) is 0 Å². The Kier molecular flexibility index (Phi) is 2.54. The van der Waals surface area contributed by atoms with Crippen LogP contribution in [0, 0.1) is 0 Å². The van der Waals surface area contributed by atoms with Crippen molar-refractivity contribution in [3.63, 3.8) is 0 Å². The Bertz CT molecular complexity index is 987. The fourth-order valence-electron chi connectivity index (χ4n) is 3.53. The summed E-state index contributed by atoms with van der Waals surface area (Å²) < 4.78 is 4.01. The summed E-state index contributed by atoms with van der Waals surface area (Å²) in [5.74, 6) is 0. The van der Waals surface area contributed by atoms with Crippen LogP contribution in [0.5, 0.6) is 0 Å². The van der Waals surface area contributed by atoms with Gasteiger partial charge in [0, 0.05) is 16.2 Å². The zero-order chi connectivity index (χ0) is 14.5. The van der Waals surface area contributed by atoms with Gasteiger partial charge < -0.3 is 0 Å². The summed E-state index contributed by atoms with van der Waals surface area (Å²) in [6.07, 6.45) is 6.53. The van der Waals surface area contributed by atoms with E-state index in [1.807, 2.05) is 11.6 Å². The molecule has 0 fully saturated rings. The second kappa shape index (κ2) is 4.58. The zero-order valence-corrected chi connectivity index (χ0v) is 12.7. The van der Waals surface area contributed by atoms with Crippen LogP contribution in [0.15, 0.2) is 23.7 Å². The first-order valence-corrected chi connectivity index (χ1v) is 8.30. The molecule has 0 saturated heterocycles. The smallest absolute Gasteiger partial charge is 0.124 e. The van der Waals surface area contributed by atoms with Crippen molar-refractivity contribution >= 4 is 33.3 Å². The molecule has 108 valence electrons. The van der Waals surface area contributed by atoms with Gasteiger partial charge in [0.25, 0.3) is 0 Å². The van der Waals surface area contributed by atoms with Crippen molar-refractivity contribution in [3.8, 4) is 11.4 Å². The Hall–Kier alpha value is -2.34. The average Bonchev–Trinajstić information content (AvgIpc) is 3.25. The molecule has 5 nitrogen and oxygen atoms in total. The van der Waals surface area contributed by atoms with Gasteiger partial charge in [0.2, 0.25) is 0 Å². The summed E-state index contributed by atoms with van der Waals surface area (Å²) in [7, 11) is 0. The van der Waals surface area contributed by atoms with Crippen LogP contribution in [0.3, 0.4) is 0 Å². The maximum atomic E-state index is 4.92. The first kappa shape index (κ1) is 12.2. The third-order valence-electron chi connectivity index (χ3n) is 4.49. The Morgan fingerprint density at radius 2 is 2.00 bits per heavy atom. The number of hydrogen-bond acceptors (Lipinski definition) is 5. The van der Waals surface area contributed by atoms with E-state index in [0.717, 1.165) is 35.3 Å². The molecule has 22 heavy (non-hydrogen) atoms.